The molecule has 0 amide bonds. The van der Waals surface area contributed by atoms with Crippen LogP contribution in [0.25, 0.3) is 0 Å². The Bertz CT molecular complexity index is 833. The van der Waals surface area contributed by atoms with Crippen LogP contribution in [0.3, 0.4) is 0 Å². The zero-order valence-corrected chi connectivity index (χ0v) is 24.2. The number of hydrogen-bond acceptors (Lipinski definition) is 3. The third kappa shape index (κ3) is 9.18. The third-order valence-corrected chi connectivity index (χ3v) is 8.64. The lowest BCUT2D eigenvalue weighted by molar-refractivity contribution is -0.112. The van der Waals surface area contributed by atoms with E-state index in [0.29, 0.717) is 11.4 Å². The van der Waals surface area contributed by atoms with E-state index in [9.17, 15) is 4.79 Å². The molecule has 0 aromatic heterocycles. The van der Waals surface area contributed by atoms with Gasteiger partial charge in [-0.05, 0) is 25.0 Å². The lowest BCUT2D eigenvalue weighted by Crippen LogP contribution is -2.29. The van der Waals surface area contributed by atoms with Crippen LogP contribution in [-0.2, 0) is 4.79 Å². The number of fused-ring (bicyclic) bond motifs is 1. The second kappa shape index (κ2) is 16.9. The molecule has 0 saturated carbocycles. The molecule has 1 aliphatic carbocycles. The summed E-state index contributed by atoms with van der Waals surface area (Å²) in [4.78, 5) is 22.6. The number of ketones is 1. The van der Waals surface area contributed by atoms with Gasteiger partial charge < -0.3 is 0 Å². The van der Waals surface area contributed by atoms with Gasteiger partial charge in [-0.3, -0.25) is 4.79 Å². The molecule has 37 heavy (non-hydrogen) atoms. The molecule has 0 unspecified atom stereocenters. The van der Waals surface area contributed by atoms with Crippen molar-refractivity contribution in [3.63, 3.8) is 0 Å². The first-order valence-corrected chi connectivity index (χ1v) is 16.0. The maximum Gasteiger partial charge on any atom is 0.195 e. The summed E-state index contributed by atoms with van der Waals surface area (Å²) in [6.07, 6.45) is 37.1. The predicted molar refractivity (Wildman–Crippen MR) is 161 cm³/mol. The number of carbonyl (C=O) groups is 1. The molecule has 0 atom stereocenters. The first kappa shape index (κ1) is 29.8. The lowest BCUT2D eigenvalue weighted by Gasteiger charge is -2.32. The highest BCUT2D eigenvalue weighted by Gasteiger charge is 2.44. The van der Waals surface area contributed by atoms with E-state index in [1.165, 1.54) is 128 Å². The molecule has 0 spiro atoms. The number of allylic oxidation sites excluding steroid dienone is 4. The molecule has 0 saturated heterocycles. The van der Waals surface area contributed by atoms with Gasteiger partial charge in [-0.25, -0.2) is 9.98 Å². The van der Waals surface area contributed by atoms with E-state index in [-0.39, 0.29) is 11.2 Å². The fourth-order valence-corrected chi connectivity index (χ4v) is 6.33. The van der Waals surface area contributed by atoms with Crippen LogP contribution in [0.5, 0.6) is 0 Å². The first-order valence-electron chi connectivity index (χ1n) is 16.0. The number of hydrogen-bond donors (Lipinski definition) is 0. The maximum atomic E-state index is 13.5. The van der Waals surface area contributed by atoms with E-state index < -0.39 is 0 Å². The maximum absolute atomic E-state index is 13.5. The number of carbonyl (C=O) groups excluding carboxylic acids is 1. The Morgan fingerprint density at radius 2 is 1.11 bits per heavy atom. The van der Waals surface area contributed by atoms with Crippen LogP contribution in [-0.4, -0.2) is 17.8 Å². The van der Waals surface area contributed by atoms with Crippen molar-refractivity contribution >= 4 is 17.8 Å². The minimum atomic E-state index is -0.120. The van der Waals surface area contributed by atoms with E-state index in [1.54, 1.807) is 6.21 Å². The van der Waals surface area contributed by atoms with Gasteiger partial charge >= 0.3 is 0 Å². The van der Waals surface area contributed by atoms with Crippen molar-refractivity contribution in [2.45, 2.75) is 155 Å². The zero-order chi connectivity index (χ0) is 26.2. The van der Waals surface area contributed by atoms with Gasteiger partial charge in [0, 0.05) is 17.2 Å². The van der Waals surface area contributed by atoms with E-state index >= 15 is 0 Å². The summed E-state index contributed by atoms with van der Waals surface area (Å²) in [6, 6.07) is 0. The molecule has 3 heteroatoms. The molecule has 3 rings (SSSR count). The lowest BCUT2D eigenvalue weighted by atomic mass is 9.71. The van der Waals surface area contributed by atoms with Crippen molar-refractivity contribution in [2.75, 3.05) is 0 Å². The Morgan fingerprint density at radius 1 is 0.649 bits per heavy atom. The van der Waals surface area contributed by atoms with Crippen LogP contribution in [0, 0.1) is 5.41 Å². The Morgan fingerprint density at radius 3 is 1.59 bits per heavy atom. The highest BCUT2D eigenvalue weighted by atomic mass is 16.1. The summed E-state index contributed by atoms with van der Waals surface area (Å²) in [5, 5.41) is 0. The number of nitrogens with zero attached hydrogens (tertiary/aromatic N) is 2. The van der Waals surface area contributed by atoms with Crippen molar-refractivity contribution in [1.82, 2.24) is 0 Å². The summed E-state index contributed by atoms with van der Waals surface area (Å²) < 4.78 is 0. The largest absolute Gasteiger partial charge is 0.289 e. The Labute approximate surface area is 228 Å². The monoisotopic (exact) mass is 506 g/mol. The molecule has 2 heterocycles. The molecule has 0 aromatic rings. The number of aliphatic imine (C=N–C) groups is 2. The van der Waals surface area contributed by atoms with E-state index in [2.05, 4.69) is 31.0 Å². The normalized spacial score (nSPS) is 17.4. The number of rotatable bonds is 22. The molecule has 0 N–H and O–H groups in total. The van der Waals surface area contributed by atoms with E-state index in [0.717, 1.165) is 24.1 Å². The van der Waals surface area contributed by atoms with Gasteiger partial charge in [0.15, 0.2) is 11.6 Å². The van der Waals surface area contributed by atoms with Gasteiger partial charge in [-0.15, -0.1) is 0 Å². The molecule has 3 aliphatic rings. The van der Waals surface area contributed by atoms with Crippen molar-refractivity contribution in [3.8, 4) is 0 Å². The van der Waals surface area contributed by atoms with Gasteiger partial charge in [0.25, 0.3) is 0 Å². The van der Waals surface area contributed by atoms with Crippen LogP contribution in [0.15, 0.2) is 45.1 Å². The standard InChI is InChI=1S/C34H54N2O/c1-3-5-7-9-11-13-15-17-19-21-25-34(26-22-20-18-16-14-12-10-8-6-4-2)27-23-30-31(34)32(37)29-24-28-35-33(29)36-30/h23-24,27-28H,3-22,25-26H2,1-2H3. The van der Waals surface area contributed by atoms with E-state index in [1.807, 2.05) is 6.08 Å². The van der Waals surface area contributed by atoms with Crippen LogP contribution in [0.2, 0.25) is 0 Å². The van der Waals surface area contributed by atoms with Gasteiger partial charge in [0.2, 0.25) is 0 Å². The highest BCUT2D eigenvalue weighted by Crippen LogP contribution is 2.49. The van der Waals surface area contributed by atoms with Crippen molar-refractivity contribution in [3.05, 3.63) is 35.1 Å². The second-order valence-corrected chi connectivity index (χ2v) is 11.7. The average Bonchev–Trinajstić information content (AvgIpc) is 3.52. The molecular formula is C34H54N2O. The van der Waals surface area contributed by atoms with Gasteiger partial charge in [-0.2, -0.15) is 0 Å². The molecule has 0 bridgehead atoms. The Balaban J connectivity index is 1.45. The van der Waals surface area contributed by atoms with Gasteiger partial charge in [-0.1, -0.05) is 148 Å². The summed E-state index contributed by atoms with van der Waals surface area (Å²) in [5.41, 5.74) is 2.44. The molecule has 3 nitrogen and oxygen atoms in total. The van der Waals surface area contributed by atoms with Gasteiger partial charge in [0.05, 0.1) is 11.3 Å². The summed E-state index contributed by atoms with van der Waals surface area (Å²) in [6.45, 7) is 4.57. The Hall–Kier alpha value is -1.77. The zero-order valence-electron chi connectivity index (χ0n) is 24.2. The molecular weight excluding hydrogens is 452 g/mol. The number of unbranched alkanes of at least 4 members (excludes halogenated alkanes) is 18. The van der Waals surface area contributed by atoms with Crippen LogP contribution in [0.1, 0.15) is 155 Å². The van der Waals surface area contributed by atoms with Crippen molar-refractivity contribution < 1.29 is 4.79 Å². The predicted octanol–water partition coefficient (Wildman–Crippen LogP) is 10.4. The second-order valence-electron chi connectivity index (χ2n) is 11.7. The van der Waals surface area contributed by atoms with Crippen molar-refractivity contribution in [2.24, 2.45) is 15.4 Å². The highest BCUT2D eigenvalue weighted by molar-refractivity contribution is 6.34. The third-order valence-electron chi connectivity index (χ3n) is 8.64. The quantitative estimate of drug-likeness (QED) is 0.135. The van der Waals surface area contributed by atoms with Crippen LogP contribution < -0.4 is 0 Å². The average molecular weight is 507 g/mol. The minimum absolute atomic E-state index is 0.120. The number of amidine groups is 1. The Kier molecular flexibility index (Phi) is 13.6. The first-order chi connectivity index (χ1) is 18.2. The molecule has 206 valence electrons. The molecule has 0 fully saturated rings. The summed E-state index contributed by atoms with van der Waals surface area (Å²) in [7, 11) is 0. The molecule has 0 aromatic carbocycles. The smallest absolute Gasteiger partial charge is 0.195 e. The topological polar surface area (TPSA) is 41.8 Å². The van der Waals surface area contributed by atoms with E-state index in [4.69, 9.17) is 4.99 Å². The minimum Gasteiger partial charge on any atom is -0.289 e. The summed E-state index contributed by atoms with van der Waals surface area (Å²) >= 11 is 0. The summed E-state index contributed by atoms with van der Waals surface area (Å²) in [5.74, 6) is 0.795. The number of Topliss-reactive ketones (excluding diaryl/α,β-unsaturated/α-hetero) is 1. The van der Waals surface area contributed by atoms with Gasteiger partial charge in [0.1, 0.15) is 0 Å². The molecule has 2 aliphatic heterocycles. The fourth-order valence-electron chi connectivity index (χ4n) is 6.33. The SMILES string of the molecule is CCCCCCCCCCCCC1(CCCCCCCCCCCC)C=CC2=C1C(=O)C1=CC=NC1=N2. The van der Waals surface area contributed by atoms with Crippen LogP contribution in [0.4, 0.5) is 0 Å². The fraction of sp³-hybridized carbons (Fsp3) is 0.735. The van der Waals surface area contributed by atoms with Crippen molar-refractivity contribution in [1.29, 1.82) is 0 Å². The van der Waals surface area contributed by atoms with Crippen LogP contribution >= 0.6 is 0 Å². The molecule has 0 radical (unpaired) electrons.